The Balaban J connectivity index is 1.46. The molecule has 0 saturated carbocycles. The number of aryl methyl sites for hydroxylation is 2. The highest BCUT2D eigenvalue weighted by atomic mass is 32.2. The fraction of sp³-hybridized carbons (Fsp3) is 0.333. The van der Waals surface area contributed by atoms with Crippen LogP contribution in [-0.2, 0) is 17.9 Å². The van der Waals surface area contributed by atoms with Gasteiger partial charge in [-0.05, 0) is 43.0 Å². The topological polar surface area (TPSA) is 13.1 Å². The lowest BCUT2D eigenvalue weighted by molar-refractivity contribution is 0.473. The van der Waals surface area contributed by atoms with Crippen LogP contribution in [0.25, 0.3) is 0 Å². The fourth-order valence-electron chi connectivity index (χ4n) is 2.97. The van der Waals surface area contributed by atoms with Gasteiger partial charge in [0, 0.05) is 17.9 Å². The average molecular weight is 397 g/mol. The quantitative estimate of drug-likeness (QED) is 0.246. The lowest BCUT2D eigenvalue weighted by Crippen LogP contribution is -2.00. The summed E-state index contributed by atoms with van der Waals surface area (Å²) in [7, 11) is 0. The van der Waals surface area contributed by atoms with E-state index in [2.05, 4.69) is 96.3 Å². The van der Waals surface area contributed by atoms with Crippen LogP contribution in [0.15, 0.2) is 77.2 Å². The van der Waals surface area contributed by atoms with E-state index in [1.54, 1.807) is 0 Å². The Morgan fingerprint density at radius 3 is 1.85 bits per heavy atom. The number of thioether (sulfide) groups is 2. The van der Waals surface area contributed by atoms with Crippen LogP contribution in [0, 0.1) is 6.92 Å². The molecule has 3 heteroatoms. The molecular formula is C24H28OS2. The highest BCUT2D eigenvalue weighted by Gasteiger charge is 2.11. The molecule has 0 N–H and O–H groups in total. The maximum atomic E-state index is 5.69. The first-order chi connectivity index (χ1) is 13.3. The molecule has 0 aliphatic rings. The van der Waals surface area contributed by atoms with Gasteiger partial charge in [-0.3, -0.25) is 0 Å². The summed E-state index contributed by atoms with van der Waals surface area (Å²) in [6.07, 6.45) is 4.73. The lowest BCUT2D eigenvalue weighted by atomic mass is 10.2. The van der Waals surface area contributed by atoms with Gasteiger partial charge in [-0.2, -0.15) is 0 Å². The Hall–Kier alpha value is -1.58. The third-order valence-electron chi connectivity index (χ3n) is 4.47. The molecule has 0 fully saturated rings. The predicted octanol–water partition coefficient (Wildman–Crippen LogP) is 7.49. The number of furan rings is 1. The number of benzene rings is 2. The number of hydrogen-bond acceptors (Lipinski definition) is 3. The minimum atomic E-state index is 0.628. The SMILES string of the molecule is Cc1ccc(CCCCC(SCc2ccccc2)SCc2ccccc2)o1. The molecule has 0 spiro atoms. The van der Waals surface area contributed by atoms with Gasteiger partial charge in [0.05, 0.1) is 4.58 Å². The molecule has 1 aromatic heterocycles. The van der Waals surface area contributed by atoms with Crippen LogP contribution in [0.3, 0.4) is 0 Å². The van der Waals surface area contributed by atoms with Crippen molar-refractivity contribution in [3.8, 4) is 0 Å². The van der Waals surface area contributed by atoms with E-state index in [9.17, 15) is 0 Å². The summed E-state index contributed by atoms with van der Waals surface area (Å²) >= 11 is 4.17. The molecule has 0 bridgehead atoms. The van der Waals surface area contributed by atoms with Crippen molar-refractivity contribution in [3.63, 3.8) is 0 Å². The fourth-order valence-corrected chi connectivity index (χ4v) is 5.57. The Morgan fingerprint density at radius 1 is 0.741 bits per heavy atom. The largest absolute Gasteiger partial charge is 0.466 e. The maximum Gasteiger partial charge on any atom is 0.104 e. The van der Waals surface area contributed by atoms with Crippen molar-refractivity contribution in [3.05, 3.63) is 95.4 Å². The molecule has 3 rings (SSSR count). The van der Waals surface area contributed by atoms with Gasteiger partial charge in [-0.15, -0.1) is 23.5 Å². The molecule has 1 heterocycles. The van der Waals surface area contributed by atoms with E-state index in [4.69, 9.17) is 4.42 Å². The van der Waals surface area contributed by atoms with E-state index in [1.165, 1.54) is 30.4 Å². The molecule has 27 heavy (non-hydrogen) atoms. The third-order valence-corrected chi connectivity index (χ3v) is 7.50. The van der Waals surface area contributed by atoms with Crippen LogP contribution in [0.2, 0.25) is 0 Å². The van der Waals surface area contributed by atoms with Gasteiger partial charge < -0.3 is 4.42 Å². The second-order valence-electron chi connectivity index (χ2n) is 6.78. The molecular weight excluding hydrogens is 368 g/mol. The van der Waals surface area contributed by atoms with Gasteiger partial charge in [0.1, 0.15) is 11.5 Å². The van der Waals surface area contributed by atoms with Crippen molar-refractivity contribution in [1.82, 2.24) is 0 Å². The van der Waals surface area contributed by atoms with Crippen molar-refractivity contribution in [2.75, 3.05) is 0 Å². The van der Waals surface area contributed by atoms with Crippen LogP contribution >= 0.6 is 23.5 Å². The number of rotatable bonds is 11. The summed E-state index contributed by atoms with van der Waals surface area (Å²) in [6.45, 7) is 2.01. The van der Waals surface area contributed by atoms with Crippen LogP contribution in [-0.4, -0.2) is 4.58 Å². The molecule has 0 radical (unpaired) electrons. The second kappa shape index (κ2) is 11.3. The number of unbranched alkanes of at least 4 members (excludes halogenated alkanes) is 1. The maximum absolute atomic E-state index is 5.69. The molecule has 0 unspecified atom stereocenters. The van der Waals surface area contributed by atoms with E-state index in [-0.39, 0.29) is 0 Å². The molecule has 0 aliphatic heterocycles. The van der Waals surface area contributed by atoms with Crippen LogP contribution in [0.5, 0.6) is 0 Å². The molecule has 0 atom stereocenters. The molecule has 2 aromatic carbocycles. The molecule has 142 valence electrons. The summed E-state index contributed by atoms with van der Waals surface area (Å²) in [6, 6.07) is 25.8. The first-order valence-corrected chi connectivity index (χ1v) is 11.8. The molecule has 3 aromatic rings. The van der Waals surface area contributed by atoms with E-state index in [0.717, 1.165) is 29.4 Å². The van der Waals surface area contributed by atoms with Gasteiger partial charge >= 0.3 is 0 Å². The Morgan fingerprint density at radius 2 is 1.33 bits per heavy atom. The summed E-state index contributed by atoms with van der Waals surface area (Å²) in [5, 5.41) is 0. The van der Waals surface area contributed by atoms with Gasteiger partial charge in [-0.1, -0.05) is 67.1 Å². The second-order valence-corrected chi connectivity index (χ2v) is 9.46. The highest BCUT2D eigenvalue weighted by molar-refractivity contribution is 8.16. The third kappa shape index (κ3) is 7.51. The lowest BCUT2D eigenvalue weighted by Gasteiger charge is -2.16. The van der Waals surface area contributed by atoms with E-state index >= 15 is 0 Å². The van der Waals surface area contributed by atoms with Crippen molar-refractivity contribution in [1.29, 1.82) is 0 Å². The zero-order chi connectivity index (χ0) is 18.7. The standard InChI is InChI=1S/C24H28OS2/c1-20-16-17-23(25-20)14-8-9-15-24(26-18-21-10-4-2-5-11-21)27-19-22-12-6-3-7-13-22/h2-7,10-13,16-17,24H,8-9,14-15,18-19H2,1H3. The zero-order valence-electron chi connectivity index (χ0n) is 16.0. The van der Waals surface area contributed by atoms with E-state index in [1.807, 2.05) is 6.92 Å². The van der Waals surface area contributed by atoms with Crippen molar-refractivity contribution in [2.45, 2.75) is 48.7 Å². The van der Waals surface area contributed by atoms with Crippen molar-refractivity contribution < 1.29 is 4.42 Å². The van der Waals surface area contributed by atoms with Gasteiger partial charge in [-0.25, -0.2) is 0 Å². The van der Waals surface area contributed by atoms with Crippen LogP contribution in [0.4, 0.5) is 0 Å². The van der Waals surface area contributed by atoms with Gasteiger partial charge in [0.25, 0.3) is 0 Å². The first kappa shape index (κ1) is 20.2. The van der Waals surface area contributed by atoms with E-state index < -0.39 is 0 Å². The highest BCUT2D eigenvalue weighted by Crippen LogP contribution is 2.33. The van der Waals surface area contributed by atoms with Crippen LogP contribution < -0.4 is 0 Å². The Kier molecular flexibility index (Phi) is 8.44. The smallest absolute Gasteiger partial charge is 0.104 e. The van der Waals surface area contributed by atoms with Gasteiger partial charge in [0.15, 0.2) is 0 Å². The molecule has 0 saturated heterocycles. The molecule has 1 nitrogen and oxygen atoms in total. The van der Waals surface area contributed by atoms with Gasteiger partial charge in [0.2, 0.25) is 0 Å². The summed E-state index contributed by atoms with van der Waals surface area (Å²) < 4.78 is 6.32. The summed E-state index contributed by atoms with van der Waals surface area (Å²) in [4.78, 5) is 0. The minimum absolute atomic E-state index is 0.628. The van der Waals surface area contributed by atoms with E-state index in [0.29, 0.717) is 4.58 Å². The van der Waals surface area contributed by atoms with Crippen molar-refractivity contribution >= 4 is 23.5 Å². The Labute approximate surface area is 172 Å². The minimum Gasteiger partial charge on any atom is -0.466 e. The Bertz CT molecular complexity index is 724. The monoisotopic (exact) mass is 396 g/mol. The predicted molar refractivity (Wildman–Crippen MR) is 120 cm³/mol. The normalized spacial score (nSPS) is 11.2. The van der Waals surface area contributed by atoms with Crippen molar-refractivity contribution in [2.24, 2.45) is 0 Å². The zero-order valence-corrected chi connectivity index (χ0v) is 17.6. The summed E-state index contributed by atoms with van der Waals surface area (Å²) in [5.74, 6) is 4.31. The molecule has 0 aliphatic carbocycles. The molecule has 0 amide bonds. The number of hydrogen-bond donors (Lipinski definition) is 0. The summed E-state index contributed by atoms with van der Waals surface area (Å²) in [5.41, 5.74) is 2.83. The first-order valence-electron chi connectivity index (χ1n) is 9.66. The van der Waals surface area contributed by atoms with Crippen LogP contribution in [0.1, 0.15) is 41.9 Å². The average Bonchev–Trinajstić information content (AvgIpc) is 3.13.